The van der Waals surface area contributed by atoms with Crippen molar-refractivity contribution in [3.63, 3.8) is 0 Å². The Bertz CT molecular complexity index is 1060. The minimum atomic E-state index is -0.686. The molecule has 0 bridgehead atoms. The highest BCUT2D eigenvalue weighted by atomic mass is 35.5. The Morgan fingerprint density at radius 1 is 0.806 bits per heavy atom. The Labute approximate surface area is 183 Å². The molecule has 2 amide bonds. The van der Waals surface area contributed by atoms with Gasteiger partial charge in [0.1, 0.15) is 12.4 Å². The summed E-state index contributed by atoms with van der Waals surface area (Å²) < 4.78 is 10.7. The molecule has 8 heteroatoms. The average molecular weight is 439 g/mol. The summed E-state index contributed by atoms with van der Waals surface area (Å²) in [6, 6.07) is 22.1. The van der Waals surface area contributed by atoms with Gasteiger partial charge in [-0.2, -0.15) is 0 Å². The summed E-state index contributed by atoms with van der Waals surface area (Å²) in [6.45, 7) is -0.397. The second-order valence-corrected chi connectivity index (χ2v) is 6.78. The molecule has 158 valence electrons. The predicted molar refractivity (Wildman–Crippen MR) is 115 cm³/mol. The number of hydrogen-bond acceptors (Lipinski definition) is 5. The number of esters is 1. The van der Waals surface area contributed by atoms with E-state index in [2.05, 4.69) is 10.9 Å². The summed E-state index contributed by atoms with van der Waals surface area (Å²) >= 11 is 5.77. The Kier molecular flexibility index (Phi) is 7.61. The molecule has 7 nitrogen and oxygen atoms in total. The molecule has 0 atom stereocenters. The van der Waals surface area contributed by atoms with E-state index in [9.17, 15) is 14.4 Å². The van der Waals surface area contributed by atoms with Gasteiger partial charge in [0.25, 0.3) is 11.8 Å². The fourth-order valence-corrected chi connectivity index (χ4v) is 2.69. The lowest BCUT2D eigenvalue weighted by Gasteiger charge is -2.11. The van der Waals surface area contributed by atoms with Gasteiger partial charge in [0.2, 0.25) is 0 Å². The minimum absolute atomic E-state index is 0.165. The molecule has 0 saturated carbocycles. The zero-order valence-electron chi connectivity index (χ0n) is 16.3. The number of hydrazine groups is 1. The first-order valence-corrected chi connectivity index (χ1v) is 9.68. The molecule has 31 heavy (non-hydrogen) atoms. The SMILES string of the molecule is O=C(COC(=O)c1ccccc1COc1ccccc1)NNC(=O)c1ccc(Cl)cc1. The Hall–Kier alpha value is -3.84. The monoisotopic (exact) mass is 438 g/mol. The van der Waals surface area contributed by atoms with E-state index < -0.39 is 24.4 Å². The largest absolute Gasteiger partial charge is 0.489 e. The number of amides is 2. The van der Waals surface area contributed by atoms with E-state index >= 15 is 0 Å². The van der Waals surface area contributed by atoms with E-state index in [4.69, 9.17) is 21.1 Å². The van der Waals surface area contributed by atoms with E-state index in [1.54, 1.807) is 36.4 Å². The first kappa shape index (κ1) is 21.9. The van der Waals surface area contributed by atoms with E-state index in [-0.39, 0.29) is 12.2 Å². The quantitative estimate of drug-likeness (QED) is 0.434. The molecule has 0 aliphatic carbocycles. The Morgan fingerprint density at radius 3 is 2.23 bits per heavy atom. The third-order valence-corrected chi connectivity index (χ3v) is 4.38. The normalized spacial score (nSPS) is 10.1. The molecule has 3 aromatic carbocycles. The van der Waals surface area contributed by atoms with Gasteiger partial charge in [0.05, 0.1) is 5.56 Å². The van der Waals surface area contributed by atoms with Crippen LogP contribution in [0.5, 0.6) is 5.75 Å². The van der Waals surface area contributed by atoms with E-state index in [1.165, 1.54) is 12.1 Å². The number of benzene rings is 3. The summed E-state index contributed by atoms with van der Waals surface area (Å²) in [5.74, 6) is -1.22. The molecule has 0 aromatic heterocycles. The van der Waals surface area contributed by atoms with Gasteiger partial charge in [-0.15, -0.1) is 0 Å². The summed E-state index contributed by atoms with van der Waals surface area (Å²) in [6.07, 6.45) is 0. The van der Waals surface area contributed by atoms with Gasteiger partial charge in [0, 0.05) is 16.1 Å². The Morgan fingerprint density at radius 2 is 1.48 bits per heavy atom. The minimum Gasteiger partial charge on any atom is -0.489 e. The topological polar surface area (TPSA) is 93.7 Å². The van der Waals surface area contributed by atoms with Crippen LogP contribution in [0.3, 0.4) is 0 Å². The van der Waals surface area contributed by atoms with Crippen molar-refractivity contribution in [3.05, 3.63) is 101 Å². The van der Waals surface area contributed by atoms with Crippen molar-refractivity contribution in [2.45, 2.75) is 6.61 Å². The average Bonchev–Trinajstić information content (AvgIpc) is 2.81. The summed E-state index contributed by atoms with van der Waals surface area (Å²) in [4.78, 5) is 36.3. The van der Waals surface area contributed by atoms with Crippen molar-refractivity contribution in [1.82, 2.24) is 10.9 Å². The molecular weight excluding hydrogens is 420 g/mol. The predicted octanol–water partition coefficient (Wildman–Crippen LogP) is 3.54. The molecule has 0 spiro atoms. The van der Waals surface area contributed by atoms with Crippen LogP contribution in [0.1, 0.15) is 26.3 Å². The maximum absolute atomic E-state index is 12.4. The molecular formula is C23H19ClN2O5. The van der Waals surface area contributed by atoms with Gasteiger partial charge in [-0.25, -0.2) is 4.79 Å². The molecule has 0 fully saturated rings. The second kappa shape index (κ2) is 10.8. The van der Waals surface area contributed by atoms with Crippen molar-refractivity contribution in [2.75, 3.05) is 6.61 Å². The lowest BCUT2D eigenvalue weighted by atomic mass is 10.1. The summed E-state index contributed by atoms with van der Waals surface area (Å²) in [7, 11) is 0. The molecule has 0 unspecified atom stereocenters. The fraction of sp³-hybridized carbons (Fsp3) is 0.0870. The number of para-hydroxylation sites is 1. The number of rotatable bonds is 7. The van der Waals surface area contributed by atoms with Crippen LogP contribution in [0, 0.1) is 0 Å². The third kappa shape index (κ3) is 6.58. The van der Waals surface area contributed by atoms with Crippen LogP contribution in [0.4, 0.5) is 0 Å². The number of carbonyl (C=O) groups is 3. The fourth-order valence-electron chi connectivity index (χ4n) is 2.57. The van der Waals surface area contributed by atoms with Crippen molar-refractivity contribution in [1.29, 1.82) is 0 Å². The Balaban J connectivity index is 1.49. The number of carbonyl (C=O) groups excluding carboxylic acids is 3. The van der Waals surface area contributed by atoms with Crippen molar-refractivity contribution in [3.8, 4) is 5.75 Å². The lowest BCUT2D eigenvalue weighted by molar-refractivity contribution is -0.125. The first-order chi connectivity index (χ1) is 15.0. The molecule has 3 aromatic rings. The van der Waals surface area contributed by atoms with E-state index in [0.29, 0.717) is 21.9 Å². The van der Waals surface area contributed by atoms with Crippen LogP contribution in [-0.4, -0.2) is 24.4 Å². The van der Waals surface area contributed by atoms with Gasteiger partial charge in [-0.05, 0) is 42.5 Å². The van der Waals surface area contributed by atoms with Crippen LogP contribution >= 0.6 is 11.6 Å². The molecule has 3 rings (SSSR count). The van der Waals surface area contributed by atoms with Gasteiger partial charge in [-0.1, -0.05) is 48.0 Å². The van der Waals surface area contributed by atoms with Crippen LogP contribution in [0.15, 0.2) is 78.9 Å². The number of ether oxygens (including phenoxy) is 2. The van der Waals surface area contributed by atoms with Crippen molar-refractivity contribution < 1.29 is 23.9 Å². The molecule has 0 heterocycles. The molecule has 0 radical (unpaired) electrons. The highest BCUT2D eigenvalue weighted by Gasteiger charge is 2.15. The highest BCUT2D eigenvalue weighted by Crippen LogP contribution is 2.15. The number of halogens is 1. The van der Waals surface area contributed by atoms with Gasteiger partial charge >= 0.3 is 5.97 Å². The third-order valence-electron chi connectivity index (χ3n) is 4.13. The molecule has 0 saturated heterocycles. The molecule has 2 N–H and O–H groups in total. The highest BCUT2D eigenvalue weighted by molar-refractivity contribution is 6.30. The van der Waals surface area contributed by atoms with Gasteiger partial charge in [0.15, 0.2) is 6.61 Å². The van der Waals surface area contributed by atoms with E-state index in [1.807, 2.05) is 30.3 Å². The smallest absolute Gasteiger partial charge is 0.339 e. The molecule has 0 aliphatic rings. The zero-order valence-corrected chi connectivity index (χ0v) is 17.1. The first-order valence-electron chi connectivity index (χ1n) is 9.30. The van der Waals surface area contributed by atoms with Gasteiger partial charge < -0.3 is 9.47 Å². The van der Waals surface area contributed by atoms with Crippen LogP contribution < -0.4 is 15.6 Å². The molecule has 0 aliphatic heterocycles. The number of hydrogen-bond donors (Lipinski definition) is 2. The standard InChI is InChI=1S/C23H19ClN2O5/c24-18-12-10-16(11-13-18)22(28)26-25-21(27)15-31-23(29)20-9-5-4-6-17(20)14-30-19-7-2-1-3-8-19/h1-13H,14-15H2,(H,25,27)(H,26,28). The summed E-state index contributed by atoms with van der Waals surface area (Å²) in [5.41, 5.74) is 5.65. The number of nitrogens with one attached hydrogen (secondary N) is 2. The summed E-state index contributed by atoms with van der Waals surface area (Å²) in [5, 5.41) is 0.488. The second-order valence-electron chi connectivity index (χ2n) is 6.34. The van der Waals surface area contributed by atoms with E-state index in [0.717, 1.165) is 0 Å². The van der Waals surface area contributed by atoms with Crippen LogP contribution in [-0.2, 0) is 16.1 Å². The zero-order chi connectivity index (χ0) is 22.1. The van der Waals surface area contributed by atoms with Crippen molar-refractivity contribution >= 4 is 29.4 Å². The lowest BCUT2D eigenvalue weighted by Crippen LogP contribution is -2.43. The van der Waals surface area contributed by atoms with Crippen LogP contribution in [0.2, 0.25) is 5.02 Å². The van der Waals surface area contributed by atoms with Crippen LogP contribution in [0.25, 0.3) is 0 Å². The maximum Gasteiger partial charge on any atom is 0.339 e. The van der Waals surface area contributed by atoms with Crippen molar-refractivity contribution in [2.24, 2.45) is 0 Å². The maximum atomic E-state index is 12.4. The van der Waals surface area contributed by atoms with Gasteiger partial charge in [-0.3, -0.25) is 20.4 Å².